The van der Waals surface area contributed by atoms with Crippen LogP contribution in [0.4, 0.5) is 4.79 Å². The van der Waals surface area contributed by atoms with E-state index in [4.69, 9.17) is 10.8 Å². The average Bonchev–Trinajstić information content (AvgIpc) is 2.30. The number of amides is 3. The Bertz CT molecular complexity index is 307. The number of unbranched alkanes of at least 4 members (excludes halogenated alkanes) is 1. The number of carboxylic acids is 1. The number of hydrogen-bond donors (Lipinski definition) is 3. The van der Waals surface area contributed by atoms with Crippen molar-refractivity contribution in [1.82, 2.24) is 10.2 Å². The number of carbonyl (C=O) groups is 3. The standard InChI is InChI=1S/C11H21N3O4/c1-3-5-6-14(7-9(12)15)11(18)13-8(4-2)10(16)17/h8H,3-7H2,1-2H3,(H2,12,15)(H,13,18)(H,16,17). The Morgan fingerprint density at radius 1 is 1.33 bits per heavy atom. The lowest BCUT2D eigenvalue weighted by Crippen LogP contribution is -2.50. The number of nitrogens with two attached hydrogens (primary N) is 1. The number of urea groups is 1. The Morgan fingerprint density at radius 3 is 2.33 bits per heavy atom. The quantitative estimate of drug-likeness (QED) is 0.575. The first kappa shape index (κ1) is 16.2. The maximum atomic E-state index is 11.8. The van der Waals surface area contributed by atoms with Crippen LogP contribution in [0, 0.1) is 0 Å². The molecule has 3 amide bonds. The summed E-state index contributed by atoms with van der Waals surface area (Å²) < 4.78 is 0. The van der Waals surface area contributed by atoms with Crippen LogP contribution in [0.3, 0.4) is 0 Å². The third-order valence-electron chi connectivity index (χ3n) is 2.42. The highest BCUT2D eigenvalue weighted by Crippen LogP contribution is 1.98. The number of rotatable bonds is 8. The molecule has 1 atom stereocenters. The maximum Gasteiger partial charge on any atom is 0.326 e. The fourth-order valence-electron chi connectivity index (χ4n) is 1.37. The van der Waals surface area contributed by atoms with Crippen molar-refractivity contribution in [3.8, 4) is 0 Å². The van der Waals surface area contributed by atoms with Crippen molar-refractivity contribution in [2.75, 3.05) is 13.1 Å². The molecule has 0 heterocycles. The van der Waals surface area contributed by atoms with Gasteiger partial charge in [-0.2, -0.15) is 0 Å². The number of primary amides is 1. The van der Waals surface area contributed by atoms with E-state index < -0.39 is 23.9 Å². The van der Waals surface area contributed by atoms with Crippen LogP contribution in [0.5, 0.6) is 0 Å². The molecule has 0 aromatic carbocycles. The number of nitrogens with one attached hydrogen (secondary N) is 1. The number of nitrogens with zero attached hydrogens (tertiary/aromatic N) is 1. The Hall–Kier alpha value is -1.79. The van der Waals surface area contributed by atoms with Crippen LogP contribution in [-0.2, 0) is 9.59 Å². The second-order valence-corrected chi connectivity index (χ2v) is 3.99. The van der Waals surface area contributed by atoms with Gasteiger partial charge in [0.15, 0.2) is 0 Å². The number of hydrogen-bond acceptors (Lipinski definition) is 3. The van der Waals surface area contributed by atoms with Crippen LogP contribution in [0.2, 0.25) is 0 Å². The summed E-state index contributed by atoms with van der Waals surface area (Å²) in [5, 5.41) is 11.2. The molecule has 0 saturated carbocycles. The van der Waals surface area contributed by atoms with E-state index in [1.54, 1.807) is 6.92 Å². The van der Waals surface area contributed by atoms with Crippen LogP contribution in [-0.4, -0.2) is 47.0 Å². The molecule has 4 N–H and O–H groups in total. The van der Waals surface area contributed by atoms with Crippen molar-refractivity contribution >= 4 is 17.9 Å². The molecule has 0 aliphatic heterocycles. The molecule has 0 aromatic heterocycles. The van der Waals surface area contributed by atoms with Gasteiger partial charge in [-0.15, -0.1) is 0 Å². The van der Waals surface area contributed by atoms with Crippen LogP contribution in [0.15, 0.2) is 0 Å². The van der Waals surface area contributed by atoms with E-state index in [2.05, 4.69) is 5.32 Å². The lowest BCUT2D eigenvalue weighted by molar-refractivity contribution is -0.139. The number of carbonyl (C=O) groups excluding carboxylic acids is 2. The van der Waals surface area contributed by atoms with E-state index >= 15 is 0 Å². The van der Waals surface area contributed by atoms with Gasteiger partial charge in [-0.1, -0.05) is 20.3 Å². The summed E-state index contributed by atoms with van der Waals surface area (Å²) in [7, 11) is 0. The zero-order chi connectivity index (χ0) is 14.1. The Morgan fingerprint density at radius 2 is 1.94 bits per heavy atom. The molecule has 0 rings (SSSR count). The molecule has 0 spiro atoms. The van der Waals surface area contributed by atoms with Gasteiger partial charge in [-0.3, -0.25) is 4.79 Å². The van der Waals surface area contributed by atoms with E-state index in [1.807, 2.05) is 6.92 Å². The van der Waals surface area contributed by atoms with E-state index in [1.165, 1.54) is 4.90 Å². The van der Waals surface area contributed by atoms with Crippen molar-refractivity contribution in [2.45, 2.75) is 39.2 Å². The normalized spacial score (nSPS) is 11.7. The predicted molar refractivity (Wildman–Crippen MR) is 65.9 cm³/mol. The van der Waals surface area contributed by atoms with Crippen LogP contribution in [0.1, 0.15) is 33.1 Å². The lowest BCUT2D eigenvalue weighted by atomic mass is 10.2. The first-order valence-corrected chi connectivity index (χ1v) is 5.98. The van der Waals surface area contributed by atoms with Gasteiger partial charge in [0.1, 0.15) is 12.6 Å². The van der Waals surface area contributed by atoms with Gasteiger partial charge in [-0.25, -0.2) is 9.59 Å². The smallest absolute Gasteiger partial charge is 0.326 e. The summed E-state index contributed by atoms with van der Waals surface area (Å²) in [5.74, 6) is -1.72. The molecular formula is C11H21N3O4. The fourth-order valence-corrected chi connectivity index (χ4v) is 1.37. The monoisotopic (exact) mass is 259 g/mol. The highest BCUT2D eigenvalue weighted by Gasteiger charge is 2.22. The summed E-state index contributed by atoms with van der Waals surface area (Å²) in [6, 6.07) is -1.52. The summed E-state index contributed by atoms with van der Waals surface area (Å²) in [6.45, 7) is 3.78. The number of aliphatic carboxylic acids is 1. The molecule has 104 valence electrons. The molecule has 0 bridgehead atoms. The Labute approximate surface area is 106 Å². The van der Waals surface area contributed by atoms with Crippen LogP contribution < -0.4 is 11.1 Å². The molecule has 0 saturated heterocycles. The topological polar surface area (TPSA) is 113 Å². The van der Waals surface area contributed by atoms with Crippen LogP contribution in [0.25, 0.3) is 0 Å². The van der Waals surface area contributed by atoms with Gasteiger partial charge >= 0.3 is 12.0 Å². The zero-order valence-electron chi connectivity index (χ0n) is 10.8. The van der Waals surface area contributed by atoms with Gasteiger partial charge in [-0.05, 0) is 12.8 Å². The van der Waals surface area contributed by atoms with E-state index in [0.29, 0.717) is 6.54 Å². The van der Waals surface area contributed by atoms with E-state index in [9.17, 15) is 14.4 Å². The van der Waals surface area contributed by atoms with Crippen molar-refractivity contribution < 1.29 is 19.5 Å². The molecular weight excluding hydrogens is 238 g/mol. The van der Waals surface area contributed by atoms with Crippen molar-refractivity contribution in [1.29, 1.82) is 0 Å². The fraction of sp³-hybridized carbons (Fsp3) is 0.727. The average molecular weight is 259 g/mol. The minimum Gasteiger partial charge on any atom is -0.480 e. The van der Waals surface area contributed by atoms with E-state index in [-0.39, 0.29) is 13.0 Å². The van der Waals surface area contributed by atoms with Gasteiger partial charge in [0.25, 0.3) is 0 Å². The second kappa shape index (κ2) is 8.32. The maximum absolute atomic E-state index is 11.8. The first-order chi connectivity index (χ1) is 8.42. The minimum atomic E-state index is -1.10. The first-order valence-electron chi connectivity index (χ1n) is 5.98. The Balaban J connectivity index is 4.52. The van der Waals surface area contributed by atoms with Crippen molar-refractivity contribution in [3.63, 3.8) is 0 Å². The second-order valence-electron chi connectivity index (χ2n) is 3.99. The summed E-state index contributed by atoms with van der Waals surface area (Å²) >= 11 is 0. The third kappa shape index (κ3) is 6.07. The van der Waals surface area contributed by atoms with Gasteiger partial charge in [0.05, 0.1) is 0 Å². The van der Waals surface area contributed by atoms with Crippen molar-refractivity contribution in [3.05, 3.63) is 0 Å². The van der Waals surface area contributed by atoms with Crippen LogP contribution >= 0.6 is 0 Å². The Kier molecular flexibility index (Phi) is 7.50. The van der Waals surface area contributed by atoms with E-state index in [0.717, 1.165) is 12.8 Å². The molecule has 1 unspecified atom stereocenters. The lowest BCUT2D eigenvalue weighted by Gasteiger charge is -2.23. The van der Waals surface area contributed by atoms with Gasteiger partial charge in [0, 0.05) is 6.54 Å². The molecule has 7 nitrogen and oxygen atoms in total. The predicted octanol–water partition coefficient (Wildman–Crippen LogP) is 0.147. The SMILES string of the molecule is CCCCN(CC(N)=O)C(=O)NC(CC)C(=O)O. The summed E-state index contributed by atoms with van der Waals surface area (Å²) in [5.41, 5.74) is 5.05. The number of carboxylic acid groups (broad SMARTS) is 1. The highest BCUT2D eigenvalue weighted by atomic mass is 16.4. The molecule has 0 aliphatic carbocycles. The summed E-state index contributed by atoms with van der Waals surface area (Å²) in [4.78, 5) is 34.7. The van der Waals surface area contributed by atoms with Gasteiger partial charge in [0.2, 0.25) is 5.91 Å². The molecule has 0 radical (unpaired) electrons. The molecule has 0 aromatic rings. The summed E-state index contributed by atoms with van der Waals surface area (Å²) in [6.07, 6.45) is 1.86. The molecule has 0 aliphatic rings. The van der Waals surface area contributed by atoms with Crippen molar-refractivity contribution in [2.24, 2.45) is 5.73 Å². The van der Waals surface area contributed by atoms with Gasteiger partial charge < -0.3 is 21.1 Å². The largest absolute Gasteiger partial charge is 0.480 e. The molecule has 7 heteroatoms. The highest BCUT2D eigenvalue weighted by molar-refractivity contribution is 5.86. The minimum absolute atomic E-state index is 0.206. The molecule has 0 fully saturated rings. The molecule has 18 heavy (non-hydrogen) atoms. The third-order valence-corrected chi connectivity index (χ3v) is 2.42. The zero-order valence-corrected chi connectivity index (χ0v) is 10.8.